The highest BCUT2D eigenvalue weighted by molar-refractivity contribution is 5.74. The van der Waals surface area contributed by atoms with Crippen LogP contribution in [0.5, 0.6) is 0 Å². The zero-order valence-electron chi connectivity index (χ0n) is 19.9. The molecule has 8 nitrogen and oxygen atoms in total. The molecular weight excluding hydrogens is 428 g/mol. The molecule has 3 heterocycles. The molecule has 2 aromatic carbocycles. The van der Waals surface area contributed by atoms with Crippen LogP contribution in [0.25, 0.3) is 11.2 Å². The molecule has 1 aliphatic rings. The normalized spacial score (nSPS) is 14.7. The van der Waals surface area contributed by atoms with Gasteiger partial charge in [0.25, 0.3) is 5.56 Å². The number of aromatic nitrogens is 4. The highest BCUT2D eigenvalue weighted by Crippen LogP contribution is 2.23. The summed E-state index contributed by atoms with van der Waals surface area (Å²) in [5, 5.41) is 0. The summed E-state index contributed by atoms with van der Waals surface area (Å²) in [6, 6.07) is 16.9. The molecule has 5 rings (SSSR count). The van der Waals surface area contributed by atoms with Gasteiger partial charge in [-0.3, -0.25) is 23.8 Å². The van der Waals surface area contributed by atoms with Crippen molar-refractivity contribution in [1.82, 2.24) is 24.0 Å². The van der Waals surface area contributed by atoms with Gasteiger partial charge in [0.05, 0.1) is 6.54 Å². The lowest BCUT2D eigenvalue weighted by Gasteiger charge is -2.35. The molecule has 0 unspecified atom stereocenters. The van der Waals surface area contributed by atoms with Crippen LogP contribution in [0.4, 0.5) is 5.95 Å². The second-order valence-corrected chi connectivity index (χ2v) is 9.23. The standard InChI is InChI=1S/C26H30N6O2/c1-18-7-9-20(10-8-18)16-30-11-13-31(14-12-30)25-27-23-22(24(33)28-26(34)29(23)3)32(25)17-21-6-4-5-19(2)15-21/h4-10,15H,11-14,16-17H2,1-3H3,(H,28,33,34). The highest BCUT2D eigenvalue weighted by Gasteiger charge is 2.25. The van der Waals surface area contributed by atoms with Gasteiger partial charge in [-0.15, -0.1) is 0 Å². The molecule has 1 fully saturated rings. The van der Waals surface area contributed by atoms with Crippen molar-refractivity contribution in [3.8, 4) is 0 Å². The lowest BCUT2D eigenvalue weighted by atomic mass is 10.1. The number of aromatic amines is 1. The number of aryl methyl sites for hydroxylation is 3. The number of nitrogens with one attached hydrogen (secondary N) is 1. The molecule has 8 heteroatoms. The second kappa shape index (κ2) is 8.95. The number of rotatable bonds is 5. The Morgan fingerprint density at radius 3 is 2.32 bits per heavy atom. The topological polar surface area (TPSA) is 79.2 Å². The van der Waals surface area contributed by atoms with Gasteiger partial charge in [0.15, 0.2) is 11.2 Å². The van der Waals surface area contributed by atoms with Gasteiger partial charge in [0.2, 0.25) is 5.95 Å². The summed E-state index contributed by atoms with van der Waals surface area (Å²) in [6.45, 7) is 8.99. The van der Waals surface area contributed by atoms with Crippen molar-refractivity contribution in [2.45, 2.75) is 26.9 Å². The summed E-state index contributed by atoms with van der Waals surface area (Å²) in [6.07, 6.45) is 0. The zero-order valence-corrected chi connectivity index (χ0v) is 19.9. The first kappa shape index (κ1) is 22.2. The van der Waals surface area contributed by atoms with Crippen LogP contribution in [-0.4, -0.2) is 50.2 Å². The largest absolute Gasteiger partial charge is 0.340 e. The number of nitrogens with zero attached hydrogens (tertiary/aromatic N) is 5. The van der Waals surface area contributed by atoms with E-state index in [4.69, 9.17) is 4.98 Å². The molecule has 0 radical (unpaired) electrons. The van der Waals surface area contributed by atoms with E-state index in [2.05, 4.69) is 71.1 Å². The van der Waals surface area contributed by atoms with Crippen molar-refractivity contribution >= 4 is 17.1 Å². The average Bonchev–Trinajstić information content (AvgIpc) is 3.19. The van der Waals surface area contributed by atoms with Gasteiger partial charge in [-0.05, 0) is 25.0 Å². The molecule has 0 atom stereocenters. The number of imidazole rings is 1. The van der Waals surface area contributed by atoms with Crippen LogP contribution in [0, 0.1) is 13.8 Å². The molecule has 1 aliphatic heterocycles. The lowest BCUT2D eigenvalue weighted by molar-refractivity contribution is 0.248. The first-order valence-corrected chi connectivity index (χ1v) is 11.7. The van der Waals surface area contributed by atoms with E-state index in [0.29, 0.717) is 17.7 Å². The highest BCUT2D eigenvalue weighted by atomic mass is 16.2. The van der Waals surface area contributed by atoms with E-state index in [9.17, 15) is 9.59 Å². The van der Waals surface area contributed by atoms with Crippen molar-refractivity contribution in [3.05, 3.63) is 91.6 Å². The van der Waals surface area contributed by atoms with Crippen LogP contribution in [0.3, 0.4) is 0 Å². The summed E-state index contributed by atoms with van der Waals surface area (Å²) in [5.41, 5.74) is 4.83. The molecule has 2 aromatic heterocycles. The summed E-state index contributed by atoms with van der Waals surface area (Å²) < 4.78 is 3.37. The maximum atomic E-state index is 12.8. The molecule has 176 valence electrons. The third-order valence-corrected chi connectivity index (χ3v) is 6.59. The lowest BCUT2D eigenvalue weighted by Crippen LogP contribution is -2.46. The van der Waals surface area contributed by atoms with Gasteiger partial charge >= 0.3 is 5.69 Å². The minimum Gasteiger partial charge on any atom is -0.340 e. The Balaban J connectivity index is 1.46. The molecule has 0 saturated carbocycles. The van der Waals surface area contributed by atoms with E-state index in [1.807, 2.05) is 10.6 Å². The molecule has 0 spiro atoms. The maximum Gasteiger partial charge on any atom is 0.329 e. The monoisotopic (exact) mass is 458 g/mol. The molecule has 34 heavy (non-hydrogen) atoms. The first-order chi connectivity index (χ1) is 16.4. The third-order valence-electron chi connectivity index (χ3n) is 6.59. The predicted molar refractivity (Wildman–Crippen MR) is 135 cm³/mol. The van der Waals surface area contributed by atoms with Gasteiger partial charge in [-0.25, -0.2) is 4.79 Å². The molecule has 0 bridgehead atoms. The van der Waals surface area contributed by atoms with Gasteiger partial charge in [0.1, 0.15) is 0 Å². The number of fused-ring (bicyclic) bond motifs is 1. The van der Waals surface area contributed by atoms with E-state index in [1.54, 1.807) is 7.05 Å². The summed E-state index contributed by atoms with van der Waals surface area (Å²) in [7, 11) is 1.65. The zero-order chi connectivity index (χ0) is 23.8. The Labute approximate surface area is 198 Å². The number of H-pyrrole nitrogens is 1. The van der Waals surface area contributed by atoms with Gasteiger partial charge in [-0.2, -0.15) is 4.98 Å². The van der Waals surface area contributed by atoms with Crippen LogP contribution in [0.2, 0.25) is 0 Å². The van der Waals surface area contributed by atoms with Crippen molar-refractivity contribution in [3.63, 3.8) is 0 Å². The number of anilines is 1. The van der Waals surface area contributed by atoms with Crippen LogP contribution in [0.15, 0.2) is 58.1 Å². The smallest absolute Gasteiger partial charge is 0.329 e. The molecule has 4 aromatic rings. The fourth-order valence-corrected chi connectivity index (χ4v) is 4.67. The quantitative estimate of drug-likeness (QED) is 0.497. The van der Waals surface area contributed by atoms with Crippen LogP contribution in [-0.2, 0) is 20.1 Å². The fraction of sp³-hybridized carbons (Fsp3) is 0.346. The number of benzene rings is 2. The average molecular weight is 459 g/mol. The van der Waals surface area contributed by atoms with E-state index in [1.165, 1.54) is 15.7 Å². The van der Waals surface area contributed by atoms with Crippen molar-refractivity contribution < 1.29 is 0 Å². The molecular formula is C26H30N6O2. The number of hydrogen-bond donors (Lipinski definition) is 1. The summed E-state index contributed by atoms with van der Waals surface area (Å²) in [5.74, 6) is 0.734. The summed E-state index contributed by atoms with van der Waals surface area (Å²) in [4.78, 5) is 37.0. The molecule has 0 aliphatic carbocycles. The van der Waals surface area contributed by atoms with Gasteiger partial charge < -0.3 is 4.90 Å². The van der Waals surface area contributed by atoms with Crippen molar-refractivity contribution in [1.29, 1.82) is 0 Å². The minimum absolute atomic E-state index is 0.400. The molecule has 1 saturated heterocycles. The Hall–Kier alpha value is -3.65. The van der Waals surface area contributed by atoms with Crippen molar-refractivity contribution in [2.75, 3.05) is 31.1 Å². The predicted octanol–water partition coefficient (Wildman–Crippen LogP) is 2.41. The van der Waals surface area contributed by atoms with E-state index >= 15 is 0 Å². The van der Waals surface area contributed by atoms with Crippen LogP contribution in [0.1, 0.15) is 22.3 Å². The van der Waals surface area contributed by atoms with E-state index in [-0.39, 0.29) is 0 Å². The molecule has 1 N–H and O–H groups in total. The van der Waals surface area contributed by atoms with Crippen LogP contribution >= 0.6 is 0 Å². The second-order valence-electron chi connectivity index (χ2n) is 9.23. The Bertz CT molecular complexity index is 1440. The summed E-state index contributed by atoms with van der Waals surface area (Å²) >= 11 is 0. The van der Waals surface area contributed by atoms with Gasteiger partial charge in [0, 0.05) is 39.8 Å². The van der Waals surface area contributed by atoms with E-state index in [0.717, 1.165) is 49.8 Å². The number of hydrogen-bond acceptors (Lipinski definition) is 5. The number of piperazine rings is 1. The van der Waals surface area contributed by atoms with Crippen LogP contribution < -0.4 is 16.1 Å². The van der Waals surface area contributed by atoms with Crippen molar-refractivity contribution in [2.24, 2.45) is 7.05 Å². The molecule has 0 amide bonds. The first-order valence-electron chi connectivity index (χ1n) is 11.7. The fourth-order valence-electron chi connectivity index (χ4n) is 4.67. The Morgan fingerprint density at radius 1 is 0.882 bits per heavy atom. The van der Waals surface area contributed by atoms with E-state index < -0.39 is 11.2 Å². The minimum atomic E-state index is -0.452. The third kappa shape index (κ3) is 4.28. The van der Waals surface area contributed by atoms with Gasteiger partial charge in [-0.1, -0.05) is 59.7 Å². The Morgan fingerprint density at radius 2 is 1.62 bits per heavy atom. The SMILES string of the molecule is Cc1ccc(CN2CCN(c3nc4c(c(=O)[nH]c(=O)n4C)n3Cc3cccc(C)c3)CC2)cc1. The Kier molecular flexibility index (Phi) is 5.83. The maximum absolute atomic E-state index is 12.8.